The first-order valence-electron chi connectivity index (χ1n) is 4.50. The lowest BCUT2D eigenvalue weighted by Gasteiger charge is -2.22. The Hall–Kier alpha value is -1.07. The SMILES string of the molecule is COCCC(C)(O)Cn1cc[nH]c1=O. The molecule has 1 rings (SSSR count). The Morgan fingerprint density at radius 2 is 2.43 bits per heavy atom. The molecule has 0 aliphatic heterocycles. The fourth-order valence-electron chi connectivity index (χ4n) is 1.24. The lowest BCUT2D eigenvalue weighted by molar-refractivity contribution is 0.00937. The average molecular weight is 200 g/mol. The van der Waals surface area contributed by atoms with Gasteiger partial charge >= 0.3 is 5.69 Å². The van der Waals surface area contributed by atoms with Crippen LogP contribution in [0.2, 0.25) is 0 Å². The molecule has 0 spiro atoms. The number of aromatic nitrogens is 2. The largest absolute Gasteiger partial charge is 0.388 e. The molecule has 80 valence electrons. The van der Waals surface area contributed by atoms with Crippen LogP contribution >= 0.6 is 0 Å². The number of hydrogen-bond acceptors (Lipinski definition) is 3. The predicted octanol–water partition coefficient (Wildman–Crippen LogP) is -0.0361. The molecule has 1 aromatic rings. The van der Waals surface area contributed by atoms with E-state index < -0.39 is 5.60 Å². The van der Waals surface area contributed by atoms with Crippen LogP contribution in [0.25, 0.3) is 0 Å². The van der Waals surface area contributed by atoms with E-state index in [9.17, 15) is 9.90 Å². The number of rotatable bonds is 5. The van der Waals surface area contributed by atoms with Crippen LogP contribution in [0.1, 0.15) is 13.3 Å². The quantitative estimate of drug-likeness (QED) is 0.701. The molecule has 0 radical (unpaired) electrons. The van der Waals surface area contributed by atoms with Crippen LogP contribution in [-0.2, 0) is 11.3 Å². The van der Waals surface area contributed by atoms with Crippen molar-refractivity contribution < 1.29 is 9.84 Å². The third kappa shape index (κ3) is 3.01. The zero-order valence-electron chi connectivity index (χ0n) is 8.49. The Labute approximate surface area is 82.3 Å². The average Bonchev–Trinajstić information content (AvgIpc) is 2.48. The molecule has 0 saturated carbocycles. The first-order valence-corrected chi connectivity index (χ1v) is 4.50. The number of H-pyrrole nitrogens is 1. The van der Waals surface area contributed by atoms with Crippen molar-refractivity contribution in [1.29, 1.82) is 0 Å². The van der Waals surface area contributed by atoms with Gasteiger partial charge in [-0.15, -0.1) is 0 Å². The first kappa shape index (κ1) is 11.0. The maximum atomic E-state index is 11.1. The molecule has 14 heavy (non-hydrogen) atoms. The molecule has 0 amide bonds. The summed E-state index contributed by atoms with van der Waals surface area (Å²) >= 11 is 0. The number of methoxy groups -OCH3 is 1. The lowest BCUT2D eigenvalue weighted by atomic mass is 10.0. The van der Waals surface area contributed by atoms with Crippen molar-refractivity contribution in [2.24, 2.45) is 0 Å². The third-order valence-corrected chi connectivity index (χ3v) is 2.08. The van der Waals surface area contributed by atoms with E-state index >= 15 is 0 Å². The molecule has 0 saturated heterocycles. The minimum Gasteiger partial charge on any atom is -0.388 e. The Kier molecular flexibility index (Phi) is 3.49. The molecule has 1 unspecified atom stereocenters. The monoisotopic (exact) mass is 200 g/mol. The fourth-order valence-corrected chi connectivity index (χ4v) is 1.24. The highest BCUT2D eigenvalue weighted by Gasteiger charge is 2.21. The van der Waals surface area contributed by atoms with Gasteiger partial charge in [0, 0.05) is 32.5 Å². The minimum absolute atomic E-state index is 0.206. The van der Waals surface area contributed by atoms with Gasteiger partial charge in [-0.3, -0.25) is 4.57 Å². The maximum absolute atomic E-state index is 11.1. The summed E-state index contributed by atoms with van der Waals surface area (Å²) in [5.41, 5.74) is -1.12. The van der Waals surface area contributed by atoms with Crippen LogP contribution in [0, 0.1) is 0 Å². The molecular weight excluding hydrogens is 184 g/mol. The second-order valence-corrected chi connectivity index (χ2v) is 3.63. The summed E-state index contributed by atoms with van der Waals surface area (Å²) in [7, 11) is 1.58. The summed E-state index contributed by atoms with van der Waals surface area (Å²) in [5.74, 6) is 0. The molecule has 1 heterocycles. The molecule has 0 bridgehead atoms. The van der Waals surface area contributed by atoms with Crippen molar-refractivity contribution in [3.05, 3.63) is 22.9 Å². The van der Waals surface area contributed by atoms with E-state index in [-0.39, 0.29) is 12.2 Å². The van der Waals surface area contributed by atoms with Gasteiger partial charge in [0.1, 0.15) is 0 Å². The summed E-state index contributed by atoms with van der Waals surface area (Å²) in [6.07, 6.45) is 3.67. The van der Waals surface area contributed by atoms with Crippen LogP contribution in [0.3, 0.4) is 0 Å². The Balaban J connectivity index is 2.59. The summed E-state index contributed by atoms with van der Waals surface area (Å²) in [6, 6.07) is 0. The van der Waals surface area contributed by atoms with E-state index in [0.717, 1.165) is 0 Å². The van der Waals surface area contributed by atoms with E-state index in [0.29, 0.717) is 13.0 Å². The topological polar surface area (TPSA) is 67.2 Å². The number of nitrogens with one attached hydrogen (secondary N) is 1. The molecule has 0 aliphatic rings. The molecule has 1 atom stereocenters. The maximum Gasteiger partial charge on any atom is 0.325 e. The Bertz CT molecular complexity index is 327. The van der Waals surface area contributed by atoms with E-state index in [1.54, 1.807) is 26.4 Å². The van der Waals surface area contributed by atoms with Crippen LogP contribution in [-0.4, -0.2) is 34.0 Å². The molecule has 5 heteroatoms. The zero-order chi connectivity index (χ0) is 10.6. The van der Waals surface area contributed by atoms with Gasteiger partial charge in [0.15, 0.2) is 0 Å². The number of aromatic amines is 1. The van der Waals surface area contributed by atoms with E-state index in [4.69, 9.17) is 4.74 Å². The second-order valence-electron chi connectivity index (χ2n) is 3.63. The van der Waals surface area contributed by atoms with Gasteiger partial charge in [-0.25, -0.2) is 4.79 Å². The standard InChI is InChI=1S/C9H16N2O3/c1-9(13,3-6-14-2)7-11-5-4-10-8(11)12/h4-5,13H,3,6-7H2,1-2H3,(H,10,12). The molecule has 1 aromatic heterocycles. The van der Waals surface area contributed by atoms with Gasteiger partial charge in [0.05, 0.1) is 12.1 Å². The Morgan fingerprint density at radius 1 is 1.71 bits per heavy atom. The predicted molar refractivity (Wildman–Crippen MR) is 52.2 cm³/mol. The van der Waals surface area contributed by atoms with E-state index in [1.165, 1.54) is 4.57 Å². The van der Waals surface area contributed by atoms with Crippen molar-refractivity contribution in [3.63, 3.8) is 0 Å². The molecule has 5 nitrogen and oxygen atoms in total. The molecule has 2 N–H and O–H groups in total. The van der Waals surface area contributed by atoms with Crippen molar-refractivity contribution in [1.82, 2.24) is 9.55 Å². The van der Waals surface area contributed by atoms with Gasteiger partial charge in [-0.05, 0) is 6.92 Å². The third-order valence-electron chi connectivity index (χ3n) is 2.08. The van der Waals surface area contributed by atoms with Gasteiger partial charge in [0.25, 0.3) is 0 Å². The highest BCUT2D eigenvalue weighted by molar-refractivity contribution is 4.81. The zero-order valence-corrected chi connectivity index (χ0v) is 8.49. The van der Waals surface area contributed by atoms with Gasteiger partial charge < -0.3 is 14.8 Å². The summed E-state index contributed by atoms with van der Waals surface area (Å²) in [6.45, 7) is 2.44. The van der Waals surface area contributed by atoms with Crippen molar-refractivity contribution in [2.45, 2.75) is 25.5 Å². The van der Waals surface area contributed by atoms with Crippen molar-refractivity contribution >= 4 is 0 Å². The molecular formula is C9H16N2O3. The van der Waals surface area contributed by atoms with Gasteiger partial charge in [-0.1, -0.05) is 0 Å². The van der Waals surface area contributed by atoms with Crippen molar-refractivity contribution in [3.8, 4) is 0 Å². The number of imidazole rings is 1. The first-order chi connectivity index (χ1) is 6.55. The van der Waals surface area contributed by atoms with Crippen LogP contribution in [0.5, 0.6) is 0 Å². The summed E-state index contributed by atoms with van der Waals surface area (Å²) < 4.78 is 6.31. The second kappa shape index (κ2) is 4.43. The molecule has 0 aromatic carbocycles. The van der Waals surface area contributed by atoms with Gasteiger partial charge in [0.2, 0.25) is 0 Å². The number of aliphatic hydroxyl groups is 1. The number of nitrogens with zero attached hydrogens (tertiary/aromatic N) is 1. The molecule has 0 fully saturated rings. The van der Waals surface area contributed by atoms with Gasteiger partial charge in [-0.2, -0.15) is 0 Å². The van der Waals surface area contributed by atoms with E-state index in [2.05, 4.69) is 4.98 Å². The Morgan fingerprint density at radius 3 is 2.93 bits per heavy atom. The van der Waals surface area contributed by atoms with Crippen LogP contribution in [0.15, 0.2) is 17.2 Å². The normalized spacial score (nSPS) is 15.4. The minimum atomic E-state index is -0.915. The fraction of sp³-hybridized carbons (Fsp3) is 0.667. The molecule has 0 aliphatic carbocycles. The smallest absolute Gasteiger partial charge is 0.325 e. The van der Waals surface area contributed by atoms with E-state index in [1.807, 2.05) is 0 Å². The van der Waals surface area contributed by atoms with Crippen molar-refractivity contribution in [2.75, 3.05) is 13.7 Å². The van der Waals surface area contributed by atoms with Crippen LogP contribution < -0.4 is 5.69 Å². The highest BCUT2D eigenvalue weighted by Crippen LogP contribution is 2.11. The number of hydrogen-bond donors (Lipinski definition) is 2. The lowest BCUT2D eigenvalue weighted by Crippen LogP contribution is -2.35. The highest BCUT2D eigenvalue weighted by atomic mass is 16.5. The van der Waals surface area contributed by atoms with Crippen LogP contribution in [0.4, 0.5) is 0 Å². The summed E-state index contributed by atoms with van der Waals surface area (Å²) in [4.78, 5) is 13.6. The number of ether oxygens (including phenoxy) is 1. The summed E-state index contributed by atoms with van der Waals surface area (Å²) in [5, 5.41) is 9.89.